The zero-order valence-electron chi connectivity index (χ0n) is 13.3. The number of hydrogen-bond donors (Lipinski definition) is 1. The first-order valence-electron chi connectivity index (χ1n) is 7.60. The van der Waals surface area contributed by atoms with E-state index in [1.54, 1.807) is 11.3 Å². The first-order valence-corrected chi connectivity index (χ1v) is 9.36. The third kappa shape index (κ3) is 5.85. The van der Waals surface area contributed by atoms with E-state index in [0.717, 1.165) is 12.0 Å². The molecule has 4 heteroatoms. The van der Waals surface area contributed by atoms with Crippen LogP contribution in [0, 0.1) is 0 Å². The van der Waals surface area contributed by atoms with Crippen molar-refractivity contribution in [3.63, 3.8) is 0 Å². The Bertz CT molecular complexity index is 576. The fourth-order valence-corrected chi connectivity index (χ4v) is 3.92. The van der Waals surface area contributed by atoms with Crippen LogP contribution in [0.1, 0.15) is 31.2 Å². The molecule has 0 aliphatic rings. The standard InChI is InChI=1S/C18H23NOS2/c1-13(2)22-16-8-6-15(7-9-16)12-18(20)19-14(3)11-17-5-4-10-21-17/h4-10,13-14H,11-12H2,1-3H3,(H,19,20)/t14-/m0/s1. The molecule has 0 unspecified atom stereocenters. The van der Waals surface area contributed by atoms with E-state index in [0.29, 0.717) is 11.7 Å². The van der Waals surface area contributed by atoms with Crippen LogP contribution in [0.15, 0.2) is 46.7 Å². The van der Waals surface area contributed by atoms with E-state index in [-0.39, 0.29) is 11.9 Å². The third-order valence-electron chi connectivity index (χ3n) is 3.15. The molecule has 1 aromatic carbocycles. The first-order chi connectivity index (χ1) is 10.5. The molecule has 22 heavy (non-hydrogen) atoms. The van der Waals surface area contributed by atoms with Crippen LogP contribution in [0.5, 0.6) is 0 Å². The number of nitrogens with one attached hydrogen (secondary N) is 1. The smallest absolute Gasteiger partial charge is 0.224 e. The summed E-state index contributed by atoms with van der Waals surface area (Å²) in [5.74, 6) is 0.0910. The molecule has 2 nitrogen and oxygen atoms in total. The summed E-state index contributed by atoms with van der Waals surface area (Å²) in [7, 11) is 0. The monoisotopic (exact) mass is 333 g/mol. The molecule has 1 amide bonds. The summed E-state index contributed by atoms with van der Waals surface area (Å²) < 4.78 is 0. The van der Waals surface area contributed by atoms with Gasteiger partial charge in [-0.15, -0.1) is 23.1 Å². The number of carbonyl (C=O) groups is 1. The Morgan fingerprint density at radius 1 is 1.18 bits per heavy atom. The maximum atomic E-state index is 12.1. The van der Waals surface area contributed by atoms with Gasteiger partial charge in [-0.3, -0.25) is 4.79 Å². The minimum absolute atomic E-state index is 0.0910. The summed E-state index contributed by atoms with van der Waals surface area (Å²) in [4.78, 5) is 14.7. The molecular weight excluding hydrogens is 310 g/mol. The van der Waals surface area contributed by atoms with Crippen LogP contribution in [-0.4, -0.2) is 17.2 Å². The quantitative estimate of drug-likeness (QED) is 0.754. The maximum absolute atomic E-state index is 12.1. The minimum Gasteiger partial charge on any atom is -0.353 e. The van der Waals surface area contributed by atoms with Gasteiger partial charge >= 0.3 is 0 Å². The predicted octanol–water partition coefficient (Wildman–Crippen LogP) is 4.54. The van der Waals surface area contributed by atoms with Crippen LogP contribution in [0.2, 0.25) is 0 Å². The summed E-state index contributed by atoms with van der Waals surface area (Å²) in [6, 6.07) is 12.6. The lowest BCUT2D eigenvalue weighted by Gasteiger charge is -2.13. The van der Waals surface area contributed by atoms with Crippen LogP contribution in [-0.2, 0) is 17.6 Å². The molecule has 118 valence electrons. The molecule has 0 fully saturated rings. The van der Waals surface area contributed by atoms with Crippen molar-refractivity contribution in [3.05, 3.63) is 52.2 Å². The molecule has 0 aliphatic heterocycles. The van der Waals surface area contributed by atoms with Gasteiger partial charge in [-0.2, -0.15) is 0 Å². The molecule has 0 bridgehead atoms. The largest absolute Gasteiger partial charge is 0.353 e. The molecule has 0 radical (unpaired) electrons. The Hall–Kier alpha value is -1.26. The summed E-state index contributed by atoms with van der Waals surface area (Å²) in [6.45, 7) is 6.42. The van der Waals surface area contributed by atoms with Crippen molar-refractivity contribution < 1.29 is 4.79 Å². The Morgan fingerprint density at radius 3 is 2.50 bits per heavy atom. The highest BCUT2D eigenvalue weighted by Gasteiger charge is 2.09. The average Bonchev–Trinajstić information content (AvgIpc) is 2.93. The van der Waals surface area contributed by atoms with Gasteiger partial charge in [0, 0.05) is 27.5 Å². The minimum atomic E-state index is 0.0910. The molecular formula is C18H23NOS2. The van der Waals surface area contributed by atoms with Crippen molar-refractivity contribution >= 4 is 29.0 Å². The van der Waals surface area contributed by atoms with Gasteiger partial charge in [0.05, 0.1) is 6.42 Å². The highest BCUT2D eigenvalue weighted by Crippen LogP contribution is 2.23. The maximum Gasteiger partial charge on any atom is 0.224 e. The second kappa shape index (κ2) is 8.39. The molecule has 1 heterocycles. The number of carbonyl (C=O) groups excluding carboxylic acids is 1. The topological polar surface area (TPSA) is 29.1 Å². The van der Waals surface area contributed by atoms with E-state index in [1.165, 1.54) is 9.77 Å². The van der Waals surface area contributed by atoms with Gasteiger partial charge in [0.15, 0.2) is 0 Å². The Morgan fingerprint density at radius 2 is 1.91 bits per heavy atom. The number of benzene rings is 1. The number of rotatable bonds is 7. The van der Waals surface area contributed by atoms with Crippen molar-refractivity contribution in [2.45, 2.75) is 49.8 Å². The van der Waals surface area contributed by atoms with E-state index >= 15 is 0 Å². The summed E-state index contributed by atoms with van der Waals surface area (Å²) in [6.07, 6.45) is 1.34. The normalized spacial score (nSPS) is 12.4. The third-order valence-corrected chi connectivity index (χ3v) is 5.07. The van der Waals surface area contributed by atoms with Gasteiger partial charge in [0.1, 0.15) is 0 Å². The van der Waals surface area contributed by atoms with Gasteiger partial charge in [-0.05, 0) is 36.1 Å². The van der Waals surface area contributed by atoms with Gasteiger partial charge < -0.3 is 5.32 Å². The van der Waals surface area contributed by atoms with Crippen molar-refractivity contribution in [1.29, 1.82) is 0 Å². The highest BCUT2D eigenvalue weighted by molar-refractivity contribution is 7.99. The number of thiophene rings is 1. The van der Waals surface area contributed by atoms with Crippen LogP contribution < -0.4 is 5.32 Å². The molecule has 0 saturated heterocycles. The van der Waals surface area contributed by atoms with Gasteiger partial charge in [0.25, 0.3) is 0 Å². The lowest BCUT2D eigenvalue weighted by atomic mass is 10.1. The molecule has 0 saturated carbocycles. The molecule has 1 N–H and O–H groups in total. The number of thioether (sulfide) groups is 1. The molecule has 1 atom stereocenters. The van der Waals surface area contributed by atoms with Crippen LogP contribution in [0.4, 0.5) is 0 Å². The van der Waals surface area contributed by atoms with Crippen LogP contribution >= 0.6 is 23.1 Å². The lowest BCUT2D eigenvalue weighted by molar-refractivity contribution is -0.121. The second-order valence-electron chi connectivity index (χ2n) is 5.74. The van der Waals surface area contributed by atoms with Crippen molar-refractivity contribution in [2.24, 2.45) is 0 Å². The summed E-state index contributed by atoms with van der Waals surface area (Å²) in [5.41, 5.74) is 1.06. The Labute approximate surface area is 141 Å². The molecule has 0 spiro atoms. The number of amides is 1. The lowest BCUT2D eigenvalue weighted by Crippen LogP contribution is -2.34. The van der Waals surface area contributed by atoms with Gasteiger partial charge in [0.2, 0.25) is 5.91 Å². The summed E-state index contributed by atoms with van der Waals surface area (Å²) in [5, 5.41) is 5.72. The van der Waals surface area contributed by atoms with Gasteiger partial charge in [-0.1, -0.05) is 32.0 Å². The van der Waals surface area contributed by atoms with Crippen LogP contribution in [0.25, 0.3) is 0 Å². The molecule has 2 aromatic rings. The van der Waals surface area contributed by atoms with E-state index in [4.69, 9.17) is 0 Å². The summed E-state index contributed by atoms with van der Waals surface area (Å²) >= 11 is 3.57. The van der Waals surface area contributed by atoms with Crippen molar-refractivity contribution in [3.8, 4) is 0 Å². The van der Waals surface area contributed by atoms with E-state index in [9.17, 15) is 4.79 Å². The van der Waals surface area contributed by atoms with E-state index < -0.39 is 0 Å². The first kappa shape index (κ1) is 17.1. The predicted molar refractivity (Wildman–Crippen MR) is 96.8 cm³/mol. The molecule has 0 aliphatic carbocycles. The van der Waals surface area contributed by atoms with Crippen molar-refractivity contribution in [1.82, 2.24) is 5.32 Å². The molecule has 2 rings (SSSR count). The van der Waals surface area contributed by atoms with Gasteiger partial charge in [-0.25, -0.2) is 0 Å². The highest BCUT2D eigenvalue weighted by atomic mass is 32.2. The zero-order chi connectivity index (χ0) is 15.9. The SMILES string of the molecule is CC(C)Sc1ccc(CC(=O)N[C@@H](C)Cc2cccs2)cc1. The van der Waals surface area contributed by atoms with Crippen LogP contribution in [0.3, 0.4) is 0 Å². The number of hydrogen-bond acceptors (Lipinski definition) is 3. The Kier molecular flexibility index (Phi) is 6.52. The fourth-order valence-electron chi connectivity index (χ4n) is 2.25. The Balaban J connectivity index is 1.81. The van der Waals surface area contributed by atoms with E-state index in [2.05, 4.69) is 49.7 Å². The second-order valence-corrected chi connectivity index (χ2v) is 8.42. The molecule has 1 aromatic heterocycles. The van der Waals surface area contributed by atoms with Crippen molar-refractivity contribution in [2.75, 3.05) is 0 Å². The zero-order valence-corrected chi connectivity index (χ0v) is 15.0. The average molecular weight is 334 g/mol. The van der Waals surface area contributed by atoms with E-state index in [1.807, 2.05) is 30.0 Å². The fraction of sp³-hybridized carbons (Fsp3) is 0.389.